The molecule has 0 heterocycles. The summed E-state index contributed by atoms with van der Waals surface area (Å²) in [7, 11) is 0. The number of benzene rings is 1. The predicted molar refractivity (Wildman–Crippen MR) is 62.7 cm³/mol. The lowest BCUT2D eigenvalue weighted by atomic mass is 9.77. The van der Waals surface area contributed by atoms with E-state index >= 15 is 0 Å². The van der Waals surface area contributed by atoms with Crippen LogP contribution < -0.4 is 0 Å². The van der Waals surface area contributed by atoms with Crippen molar-refractivity contribution in [2.45, 2.75) is 37.4 Å². The van der Waals surface area contributed by atoms with Gasteiger partial charge in [0.2, 0.25) is 0 Å². The molecule has 0 bridgehead atoms. The second-order valence-corrected chi connectivity index (χ2v) is 5.31. The fraction of sp³-hybridized carbons (Fsp3) is 0.500. The molecule has 2 atom stereocenters. The van der Waals surface area contributed by atoms with Crippen LogP contribution in [0.25, 0.3) is 0 Å². The van der Waals surface area contributed by atoms with E-state index in [0.29, 0.717) is 12.8 Å². The van der Waals surface area contributed by atoms with Gasteiger partial charge in [-0.2, -0.15) is 0 Å². The number of rotatable bonds is 1. The molecule has 0 aromatic heterocycles. The van der Waals surface area contributed by atoms with Gasteiger partial charge in [-0.3, -0.25) is 0 Å². The molecule has 15 heavy (non-hydrogen) atoms. The Kier molecular flexibility index (Phi) is 2.88. The Hall–Kier alpha value is -0.380. The molecular weight excluding hydrogens is 256 g/mol. The normalized spacial score (nSPS) is 35.7. The molecule has 2 N–H and O–H groups in total. The molecule has 82 valence electrons. The molecule has 1 fully saturated rings. The zero-order valence-electron chi connectivity index (χ0n) is 8.65. The first-order valence-electron chi connectivity index (χ1n) is 5.17. The molecule has 0 spiro atoms. The van der Waals surface area contributed by atoms with Crippen LogP contribution in [0.4, 0.5) is 0 Å². The average Bonchev–Trinajstić information content (AvgIpc) is 2.48. The summed E-state index contributed by atoms with van der Waals surface area (Å²) in [6.07, 6.45) is 0.448. The third kappa shape index (κ3) is 1.73. The zero-order chi connectivity index (χ0) is 11.1. The van der Waals surface area contributed by atoms with Crippen LogP contribution in [0.5, 0.6) is 0 Å². The zero-order valence-corrected chi connectivity index (χ0v) is 10.2. The standard InChI is InChI=1S/C12H15BrO2/c1-12(10(14)6-7-11(12)15)8-2-4-9(13)5-3-8/h2-5,10-11,14-15H,6-7H2,1H3. The summed E-state index contributed by atoms with van der Waals surface area (Å²) in [4.78, 5) is 0. The van der Waals surface area contributed by atoms with E-state index in [0.717, 1.165) is 10.0 Å². The van der Waals surface area contributed by atoms with Gasteiger partial charge in [-0.1, -0.05) is 35.0 Å². The Morgan fingerprint density at radius 3 is 2.07 bits per heavy atom. The molecule has 1 aliphatic carbocycles. The molecule has 0 radical (unpaired) electrons. The quantitative estimate of drug-likeness (QED) is 0.822. The van der Waals surface area contributed by atoms with Crippen molar-refractivity contribution in [2.75, 3.05) is 0 Å². The molecule has 2 nitrogen and oxygen atoms in total. The van der Waals surface area contributed by atoms with Crippen molar-refractivity contribution in [2.24, 2.45) is 0 Å². The number of hydrogen-bond acceptors (Lipinski definition) is 2. The SMILES string of the molecule is CC1(c2ccc(Br)cc2)C(O)CCC1O. The lowest BCUT2D eigenvalue weighted by Crippen LogP contribution is -2.40. The molecule has 0 amide bonds. The Labute approximate surface area is 98.1 Å². The van der Waals surface area contributed by atoms with Gasteiger partial charge >= 0.3 is 0 Å². The Bertz CT molecular complexity index is 337. The van der Waals surface area contributed by atoms with E-state index in [1.165, 1.54) is 0 Å². The van der Waals surface area contributed by atoms with Crippen molar-refractivity contribution >= 4 is 15.9 Å². The van der Waals surface area contributed by atoms with Crippen LogP contribution in [-0.4, -0.2) is 22.4 Å². The van der Waals surface area contributed by atoms with E-state index in [1.807, 2.05) is 31.2 Å². The van der Waals surface area contributed by atoms with E-state index in [4.69, 9.17) is 0 Å². The van der Waals surface area contributed by atoms with Gasteiger partial charge in [0.15, 0.2) is 0 Å². The predicted octanol–water partition coefficient (Wildman–Crippen LogP) is 2.22. The Morgan fingerprint density at radius 1 is 1.13 bits per heavy atom. The molecule has 2 unspecified atom stereocenters. The minimum atomic E-state index is -0.513. The fourth-order valence-corrected chi connectivity index (χ4v) is 2.60. The van der Waals surface area contributed by atoms with Gasteiger partial charge < -0.3 is 10.2 Å². The van der Waals surface area contributed by atoms with Crippen LogP contribution >= 0.6 is 15.9 Å². The number of aliphatic hydroxyl groups is 2. The highest BCUT2D eigenvalue weighted by Gasteiger charge is 2.46. The first-order chi connectivity index (χ1) is 7.05. The van der Waals surface area contributed by atoms with Gasteiger partial charge in [0.05, 0.1) is 12.2 Å². The smallest absolute Gasteiger partial charge is 0.0660 e. The monoisotopic (exact) mass is 270 g/mol. The van der Waals surface area contributed by atoms with Crippen LogP contribution in [0, 0.1) is 0 Å². The topological polar surface area (TPSA) is 40.5 Å². The molecule has 1 saturated carbocycles. The van der Waals surface area contributed by atoms with Crippen molar-refractivity contribution < 1.29 is 10.2 Å². The third-order valence-electron chi connectivity index (χ3n) is 3.56. The Balaban J connectivity index is 2.39. The maximum absolute atomic E-state index is 9.97. The van der Waals surface area contributed by atoms with E-state index in [1.54, 1.807) is 0 Å². The van der Waals surface area contributed by atoms with Gasteiger partial charge in [0, 0.05) is 9.89 Å². The minimum Gasteiger partial charge on any atom is -0.392 e. The molecule has 2 rings (SSSR count). The highest BCUT2D eigenvalue weighted by Crippen LogP contribution is 2.41. The summed E-state index contributed by atoms with van der Waals surface area (Å²) in [6.45, 7) is 1.93. The largest absolute Gasteiger partial charge is 0.392 e. The second kappa shape index (κ2) is 3.89. The van der Waals surface area contributed by atoms with E-state index < -0.39 is 17.6 Å². The summed E-state index contributed by atoms with van der Waals surface area (Å²) in [6, 6.07) is 7.81. The van der Waals surface area contributed by atoms with Crippen molar-refractivity contribution in [3.8, 4) is 0 Å². The third-order valence-corrected chi connectivity index (χ3v) is 4.09. The summed E-state index contributed by atoms with van der Waals surface area (Å²) >= 11 is 3.38. The first-order valence-corrected chi connectivity index (χ1v) is 5.96. The molecular formula is C12H15BrO2. The van der Waals surface area contributed by atoms with Crippen LogP contribution in [0.3, 0.4) is 0 Å². The Morgan fingerprint density at radius 2 is 1.60 bits per heavy atom. The van der Waals surface area contributed by atoms with E-state index in [2.05, 4.69) is 15.9 Å². The lowest BCUT2D eigenvalue weighted by Gasteiger charge is -2.32. The van der Waals surface area contributed by atoms with Crippen LogP contribution in [-0.2, 0) is 5.41 Å². The molecule has 0 aliphatic heterocycles. The summed E-state index contributed by atoms with van der Waals surface area (Å²) < 4.78 is 1.01. The van der Waals surface area contributed by atoms with Gasteiger partial charge in [-0.25, -0.2) is 0 Å². The van der Waals surface area contributed by atoms with Gasteiger partial charge in [0.1, 0.15) is 0 Å². The maximum atomic E-state index is 9.97. The van der Waals surface area contributed by atoms with Crippen molar-refractivity contribution in [1.29, 1.82) is 0 Å². The highest BCUT2D eigenvalue weighted by molar-refractivity contribution is 9.10. The van der Waals surface area contributed by atoms with Crippen molar-refractivity contribution in [3.63, 3.8) is 0 Å². The minimum absolute atomic E-state index is 0.450. The van der Waals surface area contributed by atoms with Gasteiger partial charge in [0.25, 0.3) is 0 Å². The first kappa shape index (κ1) is 11.1. The maximum Gasteiger partial charge on any atom is 0.0660 e. The molecule has 1 aromatic rings. The molecule has 1 aliphatic rings. The van der Waals surface area contributed by atoms with Crippen LogP contribution in [0.1, 0.15) is 25.3 Å². The van der Waals surface area contributed by atoms with Crippen molar-refractivity contribution in [1.82, 2.24) is 0 Å². The number of aliphatic hydroxyl groups excluding tert-OH is 2. The lowest BCUT2D eigenvalue weighted by molar-refractivity contribution is 0.0456. The van der Waals surface area contributed by atoms with E-state index in [9.17, 15) is 10.2 Å². The van der Waals surface area contributed by atoms with Crippen molar-refractivity contribution in [3.05, 3.63) is 34.3 Å². The molecule has 1 aromatic carbocycles. The summed E-state index contributed by atoms with van der Waals surface area (Å²) in [5.74, 6) is 0. The molecule has 3 heteroatoms. The fourth-order valence-electron chi connectivity index (χ4n) is 2.33. The van der Waals surface area contributed by atoms with E-state index in [-0.39, 0.29) is 0 Å². The summed E-state index contributed by atoms with van der Waals surface area (Å²) in [5, 5.41) is 19.9. The highest BCUT2D eigenvalue weighted by atomic mass is 79.9. The van der Waals surface area contributed by atoms with Gasteiger partial charge in [-0.15, -0.1) is 0 Å². The second-order valence-electron chi connectivity index (χ2n) is 4.40. The molecule has 0 saturated heterocycles. The average molecular weight is 271 g/mol. The van der Waals surface area contributed by atoms with Crippen LogP contribution in [0.2, 0.25) is 0 Å². The summed E-state index contributed by atoms with van der Waals surface area (Å²) in [5.41, 5.74) is 0.490. The number of halogens is 1. The van der Waals surface area contributed by atoms with Gasteiger partial charge in [-0.05, 0) is 30.5 Å². The number of hydrogen-bond donors (Lipinski definition) is 2. The van der Waals surface area contributed by atoms with Crippen LogP contribution in [0.15, 0.2) is 28.7 Å².